The molecule has 2 aliphatic heterocycles. The number of morpholine rings is 1. The van der Waals surface area contributed by atoms with E-state index in [9.17, 15) is 28.8 Å². The van der Waals surface area contributed by atoms with Crippen LogP contribution < -0.4 is 96.1 Å². The van der Waals surface area contributed by atoms with Gasteiger partial charge < -0.3 is 125 Å². The number of carbonyl (C=O) groups is 6. The highest BCUT2D eigenvalue weighted by molar-refractivity contribution is 5.96. The van der Waals surface area contributed by atoms with Crippen LogP contribution in [0.25, 0.3) is 0 Å². The Bertz CT molecular complexity index is 5310. The smallest absolute Gasteiger partial charge is 0.321 e. The van der Waals surface area contributed by atoms with Crippen molar-refractivity contribution in [2.75, 3.05) is 181 Å². The molecule has 2 heterocycles. The van der Waals surface area contributed by atoms with E-state index in [1.807, 2.05) is 267 Å². The fourth-order valence-corrected chi connectivity index (χ4v) is 11.6. The minimum absolute atomic E-state index is 0.0411. The summed E-state index contributed by atoms with van der Waals surface area (Å²) in [5, 5.41) is 21.2. The molecule has 31 heteroatoms. The summed E-state index contributed by atoms with van der Waals surface area (Å²) in [5.41, 5.74) is 21.0. The predicted octanol–water partition coefficient (Wildman–Crippen LogP) is 19.1. The summed E-state index contributed by atoms with van der Waals surface area (Å²) < 4.78 is 65.3. The van der Waals surface area contributed by atoms with Gasteiger partial charge in [-0.2, -0.15) is 0 Å². The van der Waals surface area contributed by atoms with E-state index >= 15 is 0 Å². The van der Waals surface area contributed by atoms with Gasteiger partial charge in [0.05, 0.1) is 104 Å². The molecule has 13 aromatic carbocycles. The van der Waals surface area contributed by atoms with Gasteiger partial charge in [-0.15, -0.1) is 0 Å². The molecule has 0 radical (unpaired) electrons. The van der Waals surface area contributed by atoms with Gasteiger partial charge in [-0.05, 0) is 183 Å². The average Bonchev–Trinajstić information content (AvgIpc) is 0.836. The maximum atomic E-state index is 11.2. The molecular formula is C113H145N11O20. The summed E-state index contributed by atoms with van der Waals surface area (Å²) in [6.45, 7) is 9.39. The number of urea groups is 3. The zero-order valence-electron chi connectivity index (χ0n) is 85.3. The standard InChI is InChI=1S/C10H13NO.C9H10N2O2.C9H12N2O.C9H12O3.C8H10N2O.C8H17NO.C8H9NO.3C8H10O2.C8H10O.C7H8N2O.C7H8O.C6H6O/c1-2-4-10(5-3-1)11-6-8-12-9-7-11;10-8(12)6-11-9(13)7-4-2-1-3-5-7;1-11(2)9(12)10-8-6-4-3-5-7-8;1-10-7-5-4-6-8(11-2)9(7)12-3;9-8(11)10-6-7-4-2-1-3-5-7;1-10-8-7-9-5-3-2-4-6-9;1-9-8(10)7-5-3-2-4-6-7;1-9-7-3-5-8(10-2)6-4-7;1-9-7-4-3-5-8(6-7)10-2;1-9-7-5-3-4-6-8(7)10-2;1-9-7-8-5-3-2-4-6-8;8-7(10)9-6-4-2-1-3-5-6;1-8-7-5-3-2-4-6-7;7-6-4-2-1-3-5-6/h1-5H,6-9H2;1-5H,6H2,(H2,10,12)(H,11,13);3-7H,1-2H3,(H,10,12);4-6H,1-3H3;1-5H,6H2,(H3,9,10,11);2-8H2,1H3;2-6H,1H3,(H,9,10);3*3-6H,1-2H3;2-6H,7H2,1H3;1-5H,(H3,8,9,10);2-6H,1H3;1-5,7H. The molecular weight excluding hydrogens is 1830 g/mol. The highest BCUT2D eigenvalue weighted by atomic mass is 16.5. The summed E-state index contributed by atoms with van der Waals surface area (Å²) in [7, 11) is 24.7. The molecule has 31 nitrogen and oxygen atoms in total. The van der Waals surface area contributed by atoms with Crippen LogP contribution >= 0.6 is 0 Å². The number of piperidine rings is 1. The Balaban J connectivity index is 0.000000525. The number of anilines is 3. The molecule has 0 bridgehead atoms. The molecule has 0 saturated carbocycles. The van der Waals surface area contributed by atoms with Gasteiger partial charge in [0.15, 0.2) is 23.0 Å². The minimum atomic E-state index is -0.552. The molecule has 15 rings (SSSR count). The number of aromatic hydroxyl groups is 1. The van der Waals surface area contributed by atoms with Gasteiger partial charge in [-0.1, -0.05) is 219 Å². The number of phenolic OH excluding ortho intramolecular Hbond substituents is 1. The maximum Gasteiger partial charge on any atom is 0.321 e. The van der Waals surface area contributed by atoms with Crippen LogP contribution in [0, 0.1) is 0 Å². The summed E-state index contributed by atoms with van der Waals surface area (Å²) in [6.07, 6.45) is 4.18. The van der Waals surface area contributed by atoms with E-state index in [-0.39, 0.29) is 24.4 Å². The first kappa shape index (κ1) is 124. The number of methoxy groups -OCH3 is 12. The molecule has 2 saturated heterocycles. The second-order valence-corrected chi connectivity index (χ2v) is 29.6. The molecule has 0 unspecified atom stereocenters. The van der Waals surface area contributed by atoms with E-state index in [1.165, 1.54) is 48.5 Å². The van der Waals surface area contributed by atoms with Crippen molar-refractivity contribution in [3.8, 4) is 63.2 Å². The minimum Gasteiger partial charge on any atom is -0.508 e. The van der Waals surface area contributed by atoms with E-state index in [1.54, 1.807) is 179 Å². The zero-order valence-corrected chi connectivity index (χ0v) is 85.3. The Kier molecular flexibility index (Phi) is 69.8. The zero-order chi connectivity index (χ0) is 106. The highest BCUT2D eigenvalue weighted by Crippen LogP contribution is 2.36. The molecule has 0 aromatic heterocycles. The normalized spacial score (nSPS) is 10.6. The van der Waals surface area contributed by atoms with E-state index in [2.05, 4.69) is 60.6 Å². The van der Waals surface area contributed by atoms with Gasteiger partial charge in [-0.25, -0.2) is 14.4 Å². The summed E-state index contributed by atoms with van der Waals surface area (Å²) in [4.78, 5) is 70.5. The average molecular weight is 1980 g/mol. The number of para-hydroxylation sites is 8. The molecule has 9 amide bonds. The number of nitrogens with one attached hydrogen (secondary N) is 5. The number of amides is 9. The van der Waals surface area contributed by atoms with Gasteiger partial charge in [0.1, 0.15) is 34.5 Å². The molecule has 2 aliphatic rings. The third-order valence-corrected chi connectivity index (χ3v) is 19.0. The van der Waals surface area contributed by atoms with Crippen LogP contribution in [0.15, 0.2) is 364 Å². The van der Waals surface area contributed by atoms with Crippen LogP contribution in [0.5, 0.6) is 63.2 Å². The quantitative estimate of drug-likeness (QED) is 0.0271. The first-order chi connectivity index (χ1) is 69.9. The third-order valence-electron chi connectivity index (χ3n) is 19.0. The lowest BCUT2D eigenvalue weighted by atomic mass is 10.1. The number of phenols is 1. The number of likely N-dealkylation sites (tertiary alicyclic amines) is 1. The summed E-state index contributed by atoms with van der Waals surface area (Å²) >= 11 is 0. The topological polar surface area (TPSA) is 391 Å². The van der Waals surface area contributed by atoms with Crippen LogP contribution in [0.4, 0.5) is 31.4 Å². The summed E-state index contributed by atoms with van der Waals surface area (Å²) in [6, 6.07) is 112. The number of carbonyl (C=O) groups excluding carboxylic acids is 6. The van der Waals surface area contributed by atoms with Gasteiger partial charge in [0.25, 0.3) is 11.8 Å². The van der Waals surface area contributed by atoms with Crippen molar-refractivity contribution in [2.24, 2.45) is 17.2 Å². The van der Waals surface area contributed by atoms with Crippen molar-refractivity contribution in [1.82, 2.24) is 25.8 Å². The molecule has 13 aromatic rings. The monoisotopic (exact) mass is 1980 g/mol. The highest BCUT2D eigenvalue weighted by Gasteiger charge is 2.13. The van der Waals surface area contributed by atoms with Crippen LogP contribution in [0.3, 0.4) is 0 Å². The van der Waals surface area contributed by atoms with Crippen LogP contribution in [-0.2, 0) is 32.2 Å². The molecule has 0 spiro atoms. The first-order valence-electron chi connectivity index (χ1n) is 45.8. The summed E-state index contributed by atoms with van der Waals surface area (Å²) in [5.74, 6) is 7.20. The SMILES string of the molecule is CN(C)C(=O)Nc1ccccc1.CNC(=O)c1ccccc1.COCCN1CCCCC1.COCc1ccccc1.COc1ccc(OC)cc1.COc1cccc(OC)c1.COc1cccc(OC)c1OC.COc1ccccc1.COc1ccccc1OC.NC(=O)CNC(=O)c1ccccc1.NC(=O)NCc1ccccc1.NC(=O)Nc1ccccc1.Oc1ccccc1.c1ccc(N2CCOCC2)cc1. The Labute approximate surface area is 849 Å². The number of benzene rings is 13. The van der Waals surface area contributed by atoms with E-state index in [0.29, 0.717) is 47.3 Å². The van der Waals surface area contributed by atoms with Gasteiger partial charge >= 0.3 is 18.1 Å². The van der Waals surface area contributed by atoms with Crippen molar-refractivity contribution in [1.29, 1.82) is 0 Å². The van der Waals surface area contributed by atoms with Crippen LogP contribution in [-0.4, -0.2) is 216 Å². The lowest BCUT2D eigenvalue weighted by Gasteiger charge is -2.28. The number of nitrogens with two attached hydrogens (primary N) is 3. The lowest BCUT2D eigenvalue weighted by molar-refractivity contribution is -0.117. The van der Waals surface area contributed by atoms with Crippen molar-refractivity contribution in [2.45, 2.75) is 32.4 Å². The van der Waals surface area contributed by atoms with E-state index in [0.717, 1.165) is 96.6 Å². The second kappa shape index (κ2) is 81.4. The third kappa shape index (κ3) is 60.4. The van der Waals surface area contributed by atoms with Gasteiger partial charge in [0, 0.05) is 95.8 Å². The Morgan fingerprint density at radius 1 is 0.361 bits per heavy atom. The number of primary amides is 3. The lowest BCUT2D eigenvalue weighted by Crippen LogP contribution is -2.36. The fraction of sp³-hybridized carbons (Fsp3) is 0.257. The molecule has 2 fully saturated rings. The van der Waals surface area contributed by atoms with Crippen molar-refractivity contribution in [3.63, 3.8) is 0 Å². The molecule has 0 atom stereocenters. The maximum absolute atomic E-state index is 11.2. The number of hydrogen-bond donors (Lipinski definition) is 9. The van der Waals surface area contributed by atoms with Crippen molar-refractivity contribution >= 4 is 52.9 Å². The number of hydrogen-bond acceptors (Lipinski definition) is 22. The Morgan fingerprint density at radius 2 is 0.729 bits per heavy atom. The number of rotatable bonds is 24. The van der Waals surface area contributed by atoms with Crippen molar-refractivity contribution < 1.29 is 95.5 Å². The molecule has 772 valence electrons. The Morgan fingerprint density at radius 3 is 1.10 bits per heavy atom. The second-order valence-electron chi connectivity index (χ2n) is 29.6. The number of ether oxygens (including phenoxy) is 13. The van der Waals surface area contributed by atoms with E-state index < -0.39 is 18.0 Å². The van der Waals surface area contributed by atoms with Crippen LogP contribution in [0.2, 0.25) is 0 Å². The first-order valence-corrected chi connectivity index (χ1v) is 45.8. The largest absolute Gasteiger partial charge is 0.508 e. The predicted molar refractivity (Wildman–Crippen MR) is 574 cm³/mol. The van der Waals surface area contributed by atoms with Crippen molar-refractivity contribution in [3.05, 3.63) is 386 Å². The van der Waals surface area contributed by atoms with Crippen LogP contribution in [0.1, 0.15) is 51.1 Å². The Hall–Kier alpha value is -16.5. The fourth-order valence-electron chi connectivity index (χ4n) is 11.6. The molecule has 12 N–H and O–H groups in total. The van der Waals surface area contributed by atoms with E-state index in [4.69, 9.17) is 83.9 Å². The van der Waals surface area contributed by atoms with Gasteiger partial charge in [0.2, 0.25) is 11.7 Å². The van der Waals surface area contributed by atoms with Gasteiger partial charge in [-0.3, -0.25) is 14.4 Å². The molecule has 144 heavy (non-hydrogen) atoms. The molecule has 0 aliphatic carbocycles. The number of nitrogens with zero attached hydrogens (tertiary/aromatic N) is 3.